The van der Waals surface area contributed by atoms with Gasteiger partial charge in [-0.3, -0.25) is 26.6 Å². The van der Waals surface area contributed by atoms with E-state index in [1.807, 2.05) is 0 Å². The molecular weight excluding hydrogens is 444 g/mol. The third kappa shape index (κ3) is 5.55. The first-order chi connectivity index (χ1) is 15.8. The Balaban J connectivity index is 1.16. The Hall–Kier alpha value is -0.410. The second-order valence-electron chi connectivity index (χ2n) is 11.2. The van der Waals surface area contributed by atoms with Gasteiger partial charge < -0.3 is 16.2 Å². The minimum atomic E-state index is -3.50. The summed E-state index contributed by atoms with van der Waals surface area (Å²) in [5, 5.41) is 22.6. The highest BCUT2D eigenvalue weighted by Crippen LogP contribution is 2.42. The second-order valence-corrected chi connectivity index (χ2v) is 13.1. The normalized spacial score (nSPS) is 48.4. The molecule has 12 heteroatoms. The molecule has 0 radical (unpaired) electrons. The predicted molar refractivity (Wildman–Crippen MR) is 123 cm³/mol. The van der Waals surface area contributed by atoms with Crippen molar-refractivity contribution in [2.45, 2.75) is 99.5 Å². The van der Waals surface area contributed by atoms with Gasteiger partial charge in [0.1, 0.15) is 12.5 Å². The summed E-state index contributed by atoms with van der Waals surface area (Å²) in [6.07, 6.45) is 7.64. The maximum absolute atomic E-state index is 11.8. The number of nitrogens with two attached hydrogens (primary N) is 1. The van der Waals surface area contributed by atoms with E-state index in [1.165, 1.54) is 19.3 Å². The van der Waals surface area contributed by atoms with E-state index in [1.54, 1.807) is 0 Å². The summed E-state index contributed by atoms with van der Waals surface area (Å²) in [5.74, 6) is 2.05. The van der Waals surface area contributed by atoms with Crippen LogP contribution in [0.1, 0.15) is 51.4 Å². The first kappa shape index (κ1) is 24.3. The topological polar surface area (TPSA) is 185 Å². The van der Waals surface area contributed by atoms with Crippen LogP contribution in [0.15, 0.2) is 0 Å². The monoisotopic (exact) mass is 488 g/mol. The average molecular weight is 489 g/mol. The lowest BCUT2D eigenvalue weighted by molar-refractivity contribution is -0.448. The van der Waals surface area contributed by atoms with Gasteiger partial charge in [0.05, 0.1) is 36.1 Å². The van der Waals surface area contributed by atoms with Gasteiger partial charge in [-0.05, 0) is 37.5 Å². The molecule has 3 saturated carbocycles. The molecule has 190 valence electrons. The number of nitrogens with one attached hydrogen (secondary N) is 5. The molecule has 33 heavy (non-hydrogen) atoms. The highest BCUT2D eigenvalue weighted by Gasteiger charge is 2.46. The van der Waals surface area contributed by atoms with Crippen molar-refractivity contribution in [3.05, 3.63) is 0 Å². The number of primary sulfonamides is 1. The van der Waals surface area contributed by atoms with E-state index in [-0.39, 0.29) is 30.8 Å². The Morgan fingerprint density at radius 1 is 1.03 bits per heavy atom. The Kier molecular flexibility index (Phi) is 7.30. The van der Waals surface area contributed by atoms with E-state index in [2.05, 4.69) is 38.1 Å². The highest BCUT2D eigenvalue weighted by atomic mass is 32.2. The van der Waals surface area contributed by atoms with E-state index < -0.39 is 15.3 Å². The Labute approximate surface area is 197 Å². The molecule has 5 fully saturated rings. The lowest BCUT2D eigenvalue weighted by Crippen LogP contribution is -2.74. The van der Waals surface area contributed by atoms with Gasteiger partial charge in [-0.2, -0.15) is 0 Å². The molecule has 0 aromatic carbocycles. The van der Waals surface area contributed by atoms with Gasteiger partial charge in [-0.1, -0.05) is 6.42 Å². The van der Waals surface area contributed by atoms with Gasteiger partial charge in [-0.15, -0.1) is 0 Å². The highest BCUT2D eigenvalue weighted by molar-refractivity contribution is 7.89. The van der Waals surface area contributed by atoms with Crippen LogP contribution < -0.4 is 43.2 Å². The first-order valence-corrected chi connectivity index (χ1v) is 14.4. The molecule has 0 aromatic heterocycles. The van der Waals surface area contributed by atoms with Crippen molar-refractivity contribution < 1.29 is 24.6 Å². The lowest BCUT2D eigenvalue weighted by Gasteiger charge is -2.43. The fourth-order valence-corrected chi connectivity index (χ4v) is 8.17. The zero-order valence-corrected chi connectivity index (χ0v) is 20.4. The molecule has 0 aromatic rings. The summed E-state index contributed by atoms with van der Waals surface area (Å²) in [5.41, 5.74) is 8.79. The number of hydrogen-bond acceptors (Lipinski definition) is 8. The molecule has 0 spiro atoms. The average Bonchev–Trinajstić information content (AvgIpc) is 3.38. The van der Waals surface area contributed by atoms with Crippen molar-refractivity contribution in [2.75, 3.05) is 13.3 Å². The zero-order chi connectivity index (χ0) is 23.2. The molecule has 5 aliphatic rings. The quantitative estimate of drug-likeness (QED) is 0.189. The van der Waals surface area contributed by atoms with Gasteiger partial charge in [-0.25, -0.2) is 13.6 Å². The standard InChI is InChI=1S/C21H42N8O3S/c22-13-6-12-4-11(5-17(23)16(12)7-13)9-32-20-18-19(26-10-25-18)28-21(29-20)27-14-2-1-3-15(8-14)33(24,30)31/h11-21,25-29H,1-10,22-23H2,(H2,24,30,31)/p+2/t11-,12-,13-,14?,15?,16-,17+,18?,19?,20?,21?/m1/s1. The van der Waals surface area contributed by atoms with Gasteiger partial charge in [0.15, 0.2) is 0 Å². The van der Waals surface area contributed by atoms with Crippen molar-refractivity contribution in [2.24, 2.45) is 22.9 Å². The maximum Gasteiger partial charge on any atom is 0.212 e. The van der Waals surface area contributed by atoms with Crippen LogP contribution in [0.4, 0.5) is 0 Å². The van der Waals surface area contributed by atoms with E-state index in [4.69, 9.17) is 9.88 Å². The van der Waals surface area contributed by atoms with Crippen LogP contribution in [-0.2, 0) is 14.8 Å². The summed E-state index contributed by atoms with van der Waals surface area (Å²) in [6.45, 7) is 1.47. The summed E-state index contributed by atoms with van der Waals surface area (Å²) in [7, 11) is -3.50. The van der Waals surface area contributed by atoms with Crippen LogP contribution in [0.2, 0.25) is 0 Å². The van der Waals surface area contributed by atoms with E-state index >= 15 is 0 Å². The first-order valence-electron chi connectivity index (χ1n) is 12.8. The van der Waals surface area contributed by atoms with Gasteiger partial charge >= 0.3 is 0 Å². The molecule has 13 N–H and O–H groups in total. The number of quaternary nitrogens is 2. The molecule has 5 rings (SSSR count). The minimum absolute atomic E-state index is 0.0875. The van der Waals surface area contributed by atoms with Crippen molar-refractivity contribution in [3.8, 4) is 0 Å². The predicted octanol–water partition coefficient (Wildman–Crippen LogP) is -3.50. The summed E-state index contributed by atoms with van der Waals surface area (Å²) in [6, 6.07) is 1.33. The Morgan fingerprint density at radius 2 is 1.88 bits per heavy atom. The van der Waals surface area contributed by atoms with Crippen LogP contribution in [-0.4, -0.2) is 69.8 Å². The van der Waals surface area contributed by atoms with Crippen molar-refractivity contribution >= 4 is 10.0 Å². The third-order valence-electron chi connectivity index (χ3n) is 8.75. The van der Waals surface area contributed by atoms with Gasteiger partial charge in [0.25, 0.3) is 0 Å². The largest absolute Gasteiger partial charge is 0.361 e. The number of hydrogen-bond donors (Lipinski definition) is 8. The zero-order valence-electron chi connectivity index (χ0n) is 19.5. The van der Waals surface area contributed by atoms with E-state index in [0.29, 0.717) is 30.8 Å². The second kappa shape index (κ2) is 9.92. The molecule has 0 amide bonds. The summed E-state index contributed by atoms with van der Waals surface area (Å²) >= 11 is 0. The van der Waals surface area contributed by atoms with E-state index in [9.17, 15) is 8.42 Å². The Morgan fingerprint density at radius 3 is 2.70 bits per heavy atom. The number of fused-ring (bicyclic) bond motifs is 2. The number of sulfonamides is 1. The lowest BCUT2D eigenvalue weighted by atomic mass is 9.73. The Bertz CT molecular complexity index is 787. The van der Waals surface area contributed by atoms with Gasteiger partial charge in [0.2, 0.25) is 10.0 Å². The maximum atomic E-state index is 11.8. The molecule has 6 unspecified atom stereocenters. The molecular formula is C21H44N8O3S+2. The van der Waals surface area contributed by atoms with Crippen LogP contribution in [0.3, 0.4) is 0 Å². The van der Waals surface area contributed by atoms with Crippen molar-refractivity contribution in [1.29, 1.82) is 0 Å². The summed E-state index contributed by atoms with van der Waals surface area (Å²) in [4.78, 5) is 0. The SMILES string of the molecule is NS(=O)(=O)C1CCCC(NC2NC3NCNC3C(OC[C@@H]3C[C@@H]4C[C@@H]([NH3+])C[C@H]4[C@@H]([NH3+])C3)N2)C1. The van der Waals surface area contributed by atoms with Crippen LogP contribution in [0.25, 0.3) is 0 Å². The molecule has 11 nitrogen and oxygen atoms in total. The molecule has 11 atom stereocenters. The summed E-state index contributed by atoms with van der Waals surface area (Å²) < 4.78 is 30.2. The minimum Gasteiger partial charge on any atom is -0.361 e. The van der Waals surface area contributed by atoms with Crippen molar-refractivity contribution in [1.82, 2.24) is 26.6 Å². The fraction of sp³-hybridized carbons (Fsp3) is 1.00. The van der Waals surface area contributed by atoms with Crippen LogP contribution >= 0.6 is 0 Å². The van der Waals surface area contributed by atoms with Crippen LogP contribution in [0, 0.1) is 17.8 Å². The fourth-order valence-electron chi connectivity index (χ4n) is 7.18. The third-order valence-corrected chi connectivity index (χ3v) is 10.1. The molecule has 2 aliphatic heterocycles. The molecule has 0 bridgehead atoms. The van der Waals surface area contributed by atoms with Crippen LogP contribution in [0.5, 0.6) is 0 Å². The van der Waals surface area contributed by atoms with Crippen molar-refractivity contribution in [3.63, 3.8) is 0 Å². The number of ether oxygens (including phenoxy) is 1. The molecule has 2 heterocycles. The molecule has 2 saturated heterocycles. The smallest absolute Gasteiger partial charge is 0.212 e. The van der Waals surface area contributed by atoms with E-state index in [0.717, 1.165) is 44.4 Å². The van der Waals surface area contributed by atoms with Gasteiger partial charge in [0, 0.05) is 37.9 Å². The number of rotatable bonds is 6. The molecule has 3 aliphatic carbocycles.